The summed E-state index contributed by atoms with van der Waals surface area (Å²) in [5.74, 6) is 1.73. The van der Waals surface area contributed by atoms with Crippen molar-refractivity contribution in [2.45, 2.75) is 39.0 Å². The van der Waals surface area contributed by atoms with Gasteiger partial charge in [0, 0.05) is 12.3 Å². The van der Waals surface area contributed by atoms with Crippen LogP contribution in [0.15, 0.2) is 21.9 Å². The molecule has 98 valence electrons. The average molecular weight is 250 g/mol. The third-order valence-corrected chi connectivity index (χ3v) is 4.41. The van der Waals surface area contributed by atoms with E-state index in [0.29, 0.717) is 17.8 Å². The maximum atomic E-state index is 11.7. The molecule has 1 saturated carbocycles. The topological polar surface area (TPSA) is 64.1 Å². The maximum Gasteiger partial charge on any atom is 0.330 e. The van der Waals surface area contributed by atoms with Gasteiger partial charge in [0.05, 0.1) is 6.10 Å². The van der Waals surface area contributed by atoms with Crippen LogP contribution in [0.3, 0.4) is 0 Å². The SMILES string of the molecule is C[C@@H]1C[C@@H](C)[C@H]2O[C@@H](n3ccc(=O)[nH]c3=O)C[C@H]21. The van der Waals surface area contributed by atoms with E-state index in [-0.39, 0.29) is 23.6 Å². The van der Waals surface area contributed by atoms with Gasteiger partial charge in [-0.05, 0) is 30.6 Å². The highest BCUT2D eigenvalue weighted by atomic mass is 16.5. The van der Waals surface area contributed by atoms with E-state index in [1.807, 2.05) is 0 Å². The zero-order valence-corrected chi connectivity index (χ0v) is 10.6. The van der Waals surface area contributed by atoms with E-state index >= 15 is 0 Å². The van der Waals surface area contributed by atoms with Gasteiger partial charge in [-0.1, -0.05) is 13.8 Å². The molecule has 0 bridgehead atoms. The molecule has 2 fully saturated rings. The van der Waals surface area contributed by atoms with Gasteiger partial charge in [-0.2, -0.15) is 0 Å². The molecule has 5 heteroatoms. The number of rotatable bonds is 1. The Kier molecular flexibility index (Phi) is 2.66. The van der Waals surface area contributed by atoms with Gasteiger partial charge >= 0.3 is 5.69 Å². The second-order valence-electron chi connectivity index (χ2n) is 5.66. The zero-order chi connectivity index (χ0) is 12.9. The molecular formula is C13H18N2O3. The number of hydrogen-bond donors (Lipinski definition) is 1. The summed E-state index contributed by atoms with van der Waals surface area (Å²) in [5.41, 5.74) is -0.746. The molecule has 0 aromatic carbocycles. The Bertz CT molecular complexity index is 546. The molecule has 2 heterocycles. The predicted octanol–water partition coefficient (Wildman–Crippen LogP) is 1.12. The number of aromatic amines is 1. The van der Waals surface area contributed by atoms with E-state index in [1.54, 1.807) is 0 Å². The molecule has 2 aliphatic rings. The van der Waals surface area contributed by atoms with Crippen LogP contribution in [0, 0.1) is 17.8 Å². The first-order chi connectivity index (χ1) is 8.56. The van der Waals surface area contributed by atoms with Crippen LogP contribution in [0.4, 0.5) is 0 Å². The van der Waals surface area contributed by atoms with Crippen molar-refractivity contribution in [3.8, 4) is 0 Å². The minimum absolute atomic E-state index is 0.227. The van der Waals surface area contributed by atoms with Crippen molar-refractivity contribution in [1.82, 2.24) is 9.55 Å². The van der Waals surface area contributed by atoms with Crippen molar-refractivity contribution in [3.05, 3.63) is 33.1 Å². The summed E-state index contributed by atoms with van der Waals surface area (Å²) < 4.78 is 7.51. The maximum absolute atomic E-state index is 11.7. The fourth-order valence-corrected chi connectivity index (χ4v) is 3.55. The summed E-state index contributed by atoms with van der Waals surface area (Å²) in [6.45, 7) is 4.46. The highest BCUT2D eigenvalue weighted by Gasteiger charge is 2.47. The van der Waals surface area contributed by atoms with Crippen molar-refractivity contribution < 1.29 is 4.74 Å². The molecule has 0 amide bonds. The monoisotopic (exact) mass is 250 g/mol. The van der Waals surface area contributed by atoms with E-state index in [0.717, 1.165) is 6.42 Å². The van der Waals surface area contributed by atoms with E-state index in [4.69, 9.17) is 4.74 Å². The van der Waals surface area contributed by atoms with Crippen LogP contribution in [-0.2, 0) is 4.74 Å². The highest BCUT2D eigenvalue weighted by molar-refractivity contribution is 4.95. The smallest absolute Gasteiger partial charge is 0.330 e. The van der Waals surface area contributed by atoms with Gasteiger partial charge in [0.1, 0.15) is 6.23 Å². The van der Waals surface area contributed by atoms with Gasteiger partial charge in [0.15, 0.2) is 0 Å². The molecule has 1 aromatic heterocycles. The summed E-state index contributed by atoms with van der Waals surface area (Å²) >= 11 is 0. The van der Waals surface area contributed by atoms with Crippen LogP contribution >= 0.6 is 0 Å². The van der Waals surface area contributed by atoms with Crippen LogP contribution in [-0.4, -0.2) is 15.7 Å². The van der Waals surface area contributed by atoms with Gasteiger partial charge in [-0.25, -0.2) is 4.79 Å². The minimum Gasteiger partial charge on any atom is -0.354 e. The Morgan fingerprint density at radius 1 is 1.28 bits per heavy atom. The van der Waals surface area contributed by atoms with Crippen molar-refractivity contribution in [2.75, 3.05) is 0 Å². The first-order valence-corrected chi connectivity index (χ1v) is 6.53. The third kappa shape index (κ3) is 1.73. The fourth-order valence-electron chi connectivity index (χ4n) is 3.55. The molecule has 1 N–H and O–H groups in total. The Balaban J connectivity index is 1.88. The average Bonchev–Trinajstić information content (AvgIpc) is 2.82. The molecular weight excluding hydrogens is 232 g/mol. The second-order valence-corrected chi connectivity index (χ2v) is 5.66. The molecule has 3 rings (SSSR count). The molecule has 0 spiro atoms. The van der Waals surface area contributed by atoms with E-state index in [1.165, 1.54) is 23.3 Å². The fraction of sp³-hybridized carbons (Fsp3) is 0.692. The molecule has 1 saturated heterocycles. The lowest BCUT2D eigenvalue weighted by molar-refractivity contribution is -0.0218. The molecule has 5 nitrogen and oxygen atoms in total. The summed E-state index contributed by atoms with van der Waals surface area (Å²) in [6, 6.07) is 1.37. The second kappa shape index (κ2) is 4.09. The van der Waals surface area contributed by atoms with Gasteiger partial charge in [-0.15, -0.1) is 0 Å². The number of ether oxygens (including phenoxy) is 1. The van der Waals surface area contributed by atoms with E-state index < -0.39 is 0 Å². The van der Waals surface area contributed by atoms with Crippen LogP contribution in [0.1, 0.15) is 32.9 Å². The van der Waals surface area contributed by atoms with Crippen molar-refractivity contribution >= 4 is 0 Å². The minimum atomic E-state index is -0.382. The Hall–Kier alpha value is -1.36. The molecule has 5 atom stereocenters. The third-order valence-electron chi connectivity index (χ3n) is 4.41. The lowest BCUT2D eigenvalue weighted by atomic mass is 9.94. The molecule has 1 aliphatic carbocycles. The molecule has 1 aromatic rings. The number of nitrogens with zero attached hydrogens (tertiary/aromatic N) is 1. The molecule has 0 unspecified atom stereocenters. The summed E-state index contributed by atoms with van der Waals surface area (Å²) in [6.07, 6.45) is 3.62. The van der Waals surface area contributed by atoms with Gasteiger partial charge in [0.25, 0.3) is 5.56 Å². The number of nitrogens with one attached hydrogen (secondary N) is 1. The lowest BCUT2D eigenvalue weighted by Crippen LogP contribution is -2.32. The van der Waals surface area contributed by atoms with E-state index in [9.17, 15) is 9.59 Å². The number of hydrogen-bond acceptors (Lipinski definition) is 3. The largest absolute Gasteiger partial charge is 0.354 e. The van der Waals surface area contributed by atoms with E-state index in [2.05, 4.69) is 18.8 Å². The summed E-state index contributed by atoms with van der Waals surface area (Å²) in [4.78, 5) is 25.1. The molecule has 0 radical (unpaired) electrons. The quantitative estimate of drug-likeness (QED) is 0.812. The van der Waals surface area contributed by atoms with Gasteiger partial charge in [0.2, 0.25) is 0 Å². The van der Waals surface area contributed by atoms with Crippen LogP contribution < -0.4 is 11.2 Å². The Labute approximate surface area is 105 Å². The first kappa shape index (κ1) is 11.7. The normalized spacial score (nSPS) is 38.9. The van der Waals surface area contributed by atoms with Crippen LogP contribution in [0.2, 0.25) is 0 Å². The lowest BCUT2D eigenvalue weighted by Gasteiger charge is -2.17. The highest BCUT2D eigenvalue weighted by Crippen LogP contribution is 2.48. The predicted molar refractivity (Wildman–Crippen MR) is 66.3 cm³/mol. The first-order valence-electron chi connectivity index (χ1n) is 6.53. The number of aromatic nitrogens is 2. The van der Waals surface area contributed by atoms with Crippen molar-refractivity contribution in [1.29, 1.82) is 0 Å². The summed E-state index contributed by atoms with van der Waals surface area (Å²) in [7, 11) is 0. The van der Waals surface area contributed by atoms with Crippen LogP contribution in [0.5, 0.6) is 0 Å². The standard InChI is InChI=1S/C13H18N2O3/c1-7-5-8(2)12-9(7)6-11(18-12)15-4-3-10(16)14-13(15)17/h3-4,7-9,11-12H,5-6H2,1-2H3,(H,14,16,17)/t7-,8-,9+,11-,12-/m1/s1. The Morgan fingerprint density at radius 3 is 2.72 bits per heavy atom. The Morgan fingerprint density at radius 2 is 2.06 bits per heavy atom. The summed E-state index contributed by atoms with van der Waals surface area (Å²) in [5, 5.41) is 0. The zero-order valence-electron chi connectivity index (χ0n) is 10.6. The van der Waals surface area contributed by atoms with Crippen molar-refractivity contribution in [3.63, 3.8) is 0 Å². The number of H-pyrrole nitrogens is 1. The van der Waals surface area contributed by atoms with Gasteiger partial charge in [-0.3, -0.25) is 14.3 Å². The van der Waals surface area contributed by atoms with Crippen LogP contribution in [0.25, 0.3) is 0 Å². The van der Waals surface area contributed by atoms with Gasteiger partial charge < -0.3 is 4.74 Å². The number of fused-ring (bicyclic) bond motifs is 1. The van der Waals surface area contributed by atoms with Crippen molar-refractivity contribution in [2.24, 2.45) is 17.8 Å². The molecule has 18 heavy (non-hydrogen) atoms. The molecule has 1 aliphatic heterocycles.